The molecule has 4 nitrogen and oxygen atoms in total. The van der Waals surface area contributed by atoms with Crippen LogP contribution in [0.5, 0.6) is 17.2 Å². The molecule has 3 aromatic rings. The Kier molecular flexibility index (Phi) is 5.55. The third-order valence-electron chi connectivity index (χ3n) is 3.81. The van der Waals surface area contributed by atoms with E-state index in [0.29, 0.717) is 39.7 Å². The second kappa shape index (κ2) is 7.85. The number of aromatic nitrogens is 1. The number of aromatic hydroxyl groups is 1. The predicted octanol–water partition coefficient (Wildman–Crippen LogP) is 5.82. The summed E-state index contributed by atoms with van der Waals surface area (Å²) >= 11 is 12.1. The van der Waals surface area contributed by atoms with Gasteiger partial charge in [0, 0.05) is 5.39 Å². The van der Waals surface area contributed by atoms with Gasteiger partial charge in [-0.25, -0.2) is 4.98 Å². The average Bonchev–Trinajstić information content (AvgIpc) is 2.65. The van der Waals surface area contributed by atoms with Crippen LogP contribution in [-0.4, -0.2) is 23.8 Å². The number of ether oxygens (including phenoxy) is 2. The highest BCUT2D eigenvalue weighted by Crippen LogP contribution is 2.36. The summed E-state index contributed by atoms with van der Waals surface area (Å²) in [4.78, 5) is 4.44. The summed E-state index contributed by atoms with van der Waals surface area (Å²) in [5.74, 6) is 1.28. The Balaban J connectivity index is 1.94. The Morgan fingerprint density at radius 3 is 2.58 bits per heavy atom. The van der Waals surface area contributed by atoms with Crippen molar-refractivity contribution in [2.75, 3.05) is 13.7 Å². The maximum absolute atomic E-state index is 10.1. The van der Waals surface area contributed by atoms with Gasteiger partial charge >= 0.3 is 0 Å². The van der Waals surface area contributed by atoms with Gasteiger partial charge in [0.15, 0.2) is 17.2 Å². The van der Waals surface area contributed by atoms with Crippen LogP contribution in [0.2, 0.25) is 10.0 Å². The molecular weight excluding hydrogens is 373 g/mol. The lowest BCUT2D eigenvalue weighted by atomic mass is 10.1. The summed E-state index contributed by atoms with van der Waals surface area (Å²) in [6, 6.07) is 10.8. The average molecular weight is 390 g/mol. The topological polar surface area (TPSA) is 51.6 Å². The SMILES string of the molecule is CCOc1ccc(/C=C/c2ccc3c(Cl)cc(Cl)c(O)c3n2)cc1OC. The molecule has 0 amide bonds. The van der Waals surface area contributed by atoms with Crippen molar-refractivity contribution in [2.45, 2.75) is 6.92 Å². The molecule has 0 aliphatic heterocycles. The van der Waals surface area contributed by atoms with Crippen molar-refractivity contribution in [2.24, 2.45) is 0 Å². The molecule has 0 unspecified atom stereocenters. The lowest BCUT2D eigenvalue weighted by molar-refractivity contribution is 0.311. The van der Waals surface area contributed by atoms with Gasteiger partial charge < -0.3 is 14.6 Å². The van der Waals surface area contributed by atoms with Gasteiger partial charge in [-0.05, 0) is 48.9 Å². The standard InChI is InChI=1S/C20H17Cl2NO3/c1-3-26-17-9-5-12(10-18(17)25-2)4-6-13-7-8-14-15(21)11-16(22)20(24)19(14)23-13/h4-11,24H,3H2,1-2H3/b6-4+. The van der Waals surface area contributed by atoms with E-state index in [1.165, 1.54) is 6.07 Å². The van der Waals surface area contributed by atoms with Gasteiger partial charge in [-0.15, -0.1) is 0 Å². The Morgan fingerprint density at radius 1 is 1.04 bits per heavy atom. The van der Waals surface area contributed by atoms with Crippen LogP contribution in [-0.2, 0) is 0 Å². The highest BCUT2D eigenvalue weighted by molar-refractivity contribution is 6.39. The summed E-state index contributed by atoms with van der Waals surface area (Å²) in [5.41, 5.74) is 1.97. The van der Waals surface area contributed by atoms with E-state index < -0.39 is 0 Å². The second-order valence-corrected chi connectivity index (χ2v) is 6.31. The van der Waals surface area contributed by atoms with Gasteiger partial charge in [0.1, 0.15) is 5.52 Å². The van der Waals surface area contributed by atoms with Crippen LogP contribution in [0.25, 0.3) is 23.1 Å². The fourth-order valence-corrected chi connectivity index (χ4v) is 3.07. The maximum Gasteiger partial charge on any atom is 0.161 e. The molecule has 134 valence electrons. The van der Waals surface area contributed by atoms with Crippen LogP contribution >= 0.6 is 23.2 Å². The Bertz CT molecular complexity index is 986. The van der Waals surface area contributed by atoms with Crippen LogP contribution in [0.15, 0.2) is 36.4 Å². The van der Waals surface area contributed by atoms with Crippen LogP contribution < -0.4 is 9.47 Å². The number of benzene rings is 2. The highest BCUT2D eigenvalue weighted by atomic mass is 35.5. The van der Waals surface area contributed by atoms with Gasteiger partial charge in [0.2, 0.25) is 0 Å². The summed E-state index contributed by atoms with van der Waals surface area (Å²) < 4.78 is 10.9. The number of rotatable bonds is 5. The summed E-state index contributed by atoms with van der Waals surface area (Å²) in [7, 11) is 1.60. The summed E-state index contributed by atoms with van der Waals surface area (Å²) in [5, 5.41) is 11.4. The molecule has 1 N–H and O–H groups in total. The van der Waals surface area contributed by atoms with Crippen LogP contribution in [0, 0.1) is 0 Å². The predicted molar refractivity (Wildman–Crippen MR) is 107 cm³/mol. The van der Waals surface area contributed by atoms with Crippen molar-refractivity contribution < 1.29 is 14.6 Å². The molecule has 3 rings (SSSR count). The molecule has 0 aliphatic carbocycles. The molecule has 0 radical (unpaired) electrons. The number of nitrogens with zero attached hydrogens (tertiary/aromatic N) is 1. The van der Waals surface area contributed by atoms with Gasteiger partial charge in [0.05, 0.1) is 29.5 Å². The van der Waals surface area contributed by atoms with E-state index in [-0.39, 0.29) is 10.8 Å². The van der Waals surface area contributed by atoms with Crippen molar-refractivity contribution in [1.82, 2.24) is 4.98 Å². The van der Waals surface area contributed by atoms with E-state index in [1.54, 1.807) is 13.2 Å². The first-order chi connectivity index (χ1) is 12.5. The van der Waals surface area contributed by atoms with Gasteiger partial charge in [-0.1, -0.05) is 35.3 Å². The fraction of sp³-hybridized carbons (Fsp3) is 0.150. The lowest BCUT2D eigenvalue weighted by Gasteiger charge is -2.09. The zero-order valence-electron chi connectivity index (χ0n) is 14.3. The molecular formula is C20H17Cl2NO3. The summed E-state index contributed by atoms with van der Waals surface area (Å²) in [6.45, 7) is 2.49. The van der Waals surface area contributed by atoms with E-state index >= 15 is 0 Å². The fourth-order valence-electron chi connectivity index (χ4n) is 2.55. The third-order valence-corrected chi connectivity index (χ3v) is 4.41. The first-order valence-electron chi connectivity index (χ1n) is 8.00. The number of methoxy groups -OCH3 is 1. The van der Waals surface area contributed by atoms with Gasteiger partial charge in [-0.3, -0.25) is 0 Å². The second-order valence-electron chi connectivity index (χ2n) is 5.50. The maximum atomic E-state index is 10.1. The zero-order valence-corrected chi connectivity index (χ0v) is 15.8. The van der Waals surface area contributed by atoms with Crippen LogP contribution in [0.3, 0.4) is 0 Å². The van der Waals surface area contributed by atoms with Crippen LogP contribution in [0.1, 0.15) is 18.2 Å². The van der Waals surface area contributed by atoms with Gasteiger partial charge in [-0.2, -0.15) is 0 Å². The quantitative estimate of drug-likeness (QED) is 0.596. The number of phenolic OH excluding ortho intramolecular Hbond substituents is 1. The largest absolute Gasteiger partial charge is 0.504 e. The van der Waals surface area contributed by atoms with E-state index in [2.05, 4.69) is 4.98 Å². The number of halogens is 2. The molecule has 0 atom stereocenters. The molecule has 0 aliphatic rings. The normalized spacial score (nSPS) is 11.2. The number of hydrogen-bond acceptors (Lipinski definition) is 4. The Labute approximate surface area is 161 Å². The van der Waals surface area contributed by atoms with E-state index in [4.69, 9.17) is 32.7 Å². The van der Waals surface area contributed by atoms with Crippen LogP contribution in [0.4, 0.5) is 0 Å². The smallest absolute Gasteiger partial charge is 0.161 e. The van der Waals surface area contributed by atoms with E-state index in [1.807, 2.05) is 43.3 Å². The molecule has 0 bridgehead atoms. The zero-order chi connectivity index (χ0) is 18.7. The number of phenols is 1. The molecule has 0 saturated heterocycles. The minimum absolute atomic E-state index is 0.0796. The molecule has 0 saturated carbocycles. The molecule has 6 heteroatoms. The van der Waals surface area contributed by atoms with E-state index in [9.17, 15) is 5.11 Å². The first-order valence-corrected chi connectivity index (χ1v) is 8.75. The highest BCUT2D eigenvalue weighted by Gasteiger charge is 2.10. The number of hydrogen-bond donors (Lipinski definition) is 1. The molecule has 2 aromatic carbocycles. The van der Waals surface area contributed by atoms with Crippen molar-refractivity contribution in [3.05, 3.63) is 57.7 Å². The molecule has 1 heterocycles. The van der Waals surface area contributed by atoms with Crippen molar-refractivity contribution in [3.63, 3.8) is 0 Å². The van der Waals surface area contributed by atoms with Gasteiger partial charge in [0.25, 0.3) is 0 Å². The monoisotopic (exact) mass is 389 g/mol. The number of pyridine rings is 1. The molecule has 0 spiro atoms. The molecule has 0 fully saturated rings. The van der Waals surface area contributed by atoms with E-state index in [0.717, 1.165) is 5.56 Å². The lowest BCUT2D eigenvalue weighted by Crippen LogP contribution is -1.95. The molecule has 1 aromatic heterocycles. The number of fused-ring (bicyclic) bond motifs is 1. The molecule has 26 heavy (non-hydrogen) atoms. The minimum atomic E-state index is -0.0796. The summed E-state index contributed by atoms with van der Waals surface area (Å²) in [6.07, 6.45) is 3.73. The Morgan fingerprint density at radius 2 is 1.85 bits per heavy atom. The Hall–Kier alpha value is -2.43. The van der Waals surface area contributed by atoms with Crippen molar-refractivity contribution in [3.8, 4) is 17.2 Å². The first kappa shape index (κ1) is 18.4. The minimum Gasteiger partial charge on any atom is -0.504 e. The van der Waals surface area contributed by atoms with Crippen molar-refractivity contribution in [1.29, 1.82) is 0 Å². The third kappa shape index (κ3) is 3.71. The van der Waals surface area contributed by atoms with Crippen molar-refractivity contribution >= 4 is 46.3 Å².